The minimum absolute atomic E-state index is 0.0163. The van der Waals surface area contributed by atoms with Gasteiger partial charge in [-0.2, -0.15) is 0 Å². The van der Waals surface area contributed by atoms with E-state index in [1.54, 1.807) is 25.1 Å². The largest absolute Gasteiger partial charge is 0.508 e. The van der Waals surface area contributed by atoms with Crippen molar-refractivity contribution in [2.45, 2.75) is 6.92 Å². The topological polar surface area (TPSA) is 76.0 Å². The third-order valence-electron chi connectivity index (χ3n) is 3.63. The quantitative estimate of drug-likeness (QED) is 0.779. The second-order valence-electron chi connectivity index (χ2n) is 5.08. The first-order valence-electron chi connectivity index (χ1n) is 6.75. The van der Waals surface area contributed by atoms with Crippen LogP contribution in [0.5, 0.6) is 23.0 Å². The molecule has 2 aromatic rings. The molecular weight excluding hydrogens is 364 g/mol. The number of hydrogen-bond donors (Lipinski definition) is 2. The Bertz CT molecular complexity index is 855. The number of ether oxygens (including phenoxy) is 2. The van der Waals surface area contributed by atoms with Crippen LogP contribution in [0.1, 0.15) is 21.5 Å². The summed E-state index contributed by atoms with van der Waals surface area (Å²) in [6.07, 6.45) is 1.56. The molecule has 23 heavy (non-hydrogen) atoms. The van der Waals surface area contributed by atoms with Gasteiger partial charge in [-0.3, -0.25) is 4.79 Å². The zero-order chi connectivity index (χ0) is 16.7. The lowest BCUT2D eigenvalue weighted by Crippen LogP contribution is -1.98. The molecule has 3 rings (SSSR count). The summed E-state index contributed by atoms with van der Waals surface area (Å²) in [6, 6.07) is 6.25. The third kappa shape index (κ3) is 2.55. The molecule has 118 valence electrons. The van der Waals surface area contributed by atoms with Crippen molar-refractivity contribution < 1.29 is 24.5 Å². The molecule has 1 aliphatic rings. The maximum absolute atomic E-state index is 12.4. The van der Waals surface area contributed by atoms with Crippen LogP contribution in [0.4, 0.5) is 0 Å². The van der Waals surface area contributed by atoms with E-state index in [0.29, 0.717) is 26.9 Å². The van der Waals surface area contributed by atoms with E-state index in [4.69, 9.17) is 9.47 Å². The van der Waals surface area contributed by atoms with E-state index in [2.05, 4.69) is 15.9 Å². The third-order valence-corrected chi connectivity index (χ3v) is 4.23. The van der Waals surface area contributed by atoms with Crippen LogP contribution in [0.15, 0.2) is 34.5 Å². The van der Waals surface area contributed by atoms with Crippen molar-refractivity contribution in [3.8, 4) is 23.0 Å². The molecule has 0 saturated carbocycles. The maximum Gasteiger partial charge on any atom is 0.231 e. The molecule has 0 amide bonds. The Hall–Kier alpha value is -2.47. The SMILES string of the molecule is COc1cc(/C=C2\Oc3c(ccc(O)c3C)C2=O)cc(Br)c1O. The molecule has 0 bridgehead atoms. The van der Waals surface area contributed by atoms with Crippen LogP contribution in [0, 0.1) is 6.92 Å². The summed E-state index contributed by atoms with van der Waals surface area (Å²) < 4.78 is 11.1. The molecule has 0 aliphatic carbocycles. The van der Waals surface area contributed by atoms with E-state index in [-0.39, 0.29) is 28.8 Å². The van der Waals surface area contributed by atoms with Gasteiger partial charge in [0, 0.05) is 5.56 Å². The van der Waals surface area contributed by atoms with Gasteiger partial charge in [-0.1, -0.05) is 0 Å². The molecule has 6 heteroatoms. The highest BCUT2D eigenvalue weighted by molar-refractivity contribution is 9.10. The molecule has 5 nitrogen and oxygen atoms in total. The van der Waals surface area contributed by atoms with Crippen LogP contribution >= 0.6 is 15.9 Å². The van der Waals surface area contributed by atoms with Crippen molar-refractivity contribution in [1.29, 1.82) is 0 Å². The van der Waals surface area contributed by atoms with Crippen LogP contribution in [0.25, 0.3) is 6.08 Å². The van der Waals surface area contributed by atoms with Gasteiger partial charge in [0.25, 0.3) is 0 Å². The summed E-state index contributed by atoms with van der Waals surface area (Å²) in [7, 11) is 1.44. The number of fused-ring (bicyclic) bond motifs is 1. The molecule has 1 aliphatic heterocycles. The number of phenolic OH excluding ortho intramolecular Hbond substituents is 2. The van der Waals surface area contributed by atoms with Gasteiger partial charge in [0.2, 0.25) is 5.78 Å². The monoisotopic (exact) mass is 376 g/mol. The first-order chi connectivity index (χ1) is 10.9. The van der Waals surface area contributed by atoms with Crippen LogP contribution in [0.2, 0.25) is 0 Å². The van der Waals surface area contributed by atoms with Crippen LogP contribution in [0.3, 0.4) is 0 Å². The number of halogens is 1. The lowest BCUT2D eigenvalue weighted by atomic mass is 10.1. The van der Waals surface area contributed by atoms with Gasteiger partial charge >= 0.3 is 0 Å². The second-order valence-corrected chi connectivity index (χ2v) is 5.93. The second kappa shape index (κ2) is 5.62. The van der Waals surface area contributed by atoms with Gasteiger partial charge < -0.3 is 19.7 Å². The van der Waals surface area contributed by atoms with Gasteiger partial charge in [0.1, 0.15) is 11.5 Å². The number of hydrogen-bond acceptors (Lipinski definition) is 5. The number of rotatable bonds is 2. The molecule has 1 heterocycles. The molecule has 0 fully saturated rings. The molecular formula is C17H13BrO5. The Morgan fingerprint density at radius 1 is 1.26 bits per heavy atom. The molecule has 0 unspecified atom stereocenters. The van der Waals surface area contributed by atoms with E-state index < -0.39 is 0 Å². The normalized spacial score (nSPS) is 14.7. The van der Waals surface area contributed by atoms with Crippen molar-refractivity contribution in [2.24, 2.45) is 0 Å². The lowest BCUT2D eigenvalue weighted by molar-refractivity contribution is 0.101. The minimum Gasteiger partial charge on any atom is -0.508 e. The number of allylic oxidation sites excluding steroid dienone is 1. The number of phenols is 2. The fourth-order valence-corrected chi connectivity index (χ4v) is 2.82. The van der Waals surface area contributed by atoms with Gasteiger partial charge in [0.15, 0.2) is 17.3 Å². The van der Waals surface area contributed by atoms with Crippen molar-refractivity contribution in [3.05, 3.63) is 51.2 Å². The van der Waals surface area contributed by atoms with Gasteiger partial charge in [-0.05, 0) is 58.8 Å². The molecule has 0 spiro atoms. The van der Waals surface area contributed by atoms with Crippen molar-refractivity contribution in [2.75, 3.05) is 7.11 Å². The predicted octanol–water partition coefficient (Wildman–Crippen LogP) is 3.79. The van der Waals surface area contributed by atoms with Crippen LogP contribution in [-0.2, 0) is 0 Å². The number of Topliss-reactive ketones (excluding diaryl/α,β-unsaturated/α-hetero) is 1. The number of methoxy groups -OCH3 is 1. The zero-order valence-corrected chi connectivity index (χ0v) is 14.0. The van der Waals surface area contributed by atoms with Gasteiger partial charge in [-0.25, -0.2) is 0 Å². The molecule has 2 N–H and O–H groups in total. The van der Waals surface area contributed by atoms with Crippen molar-refractivity contribution >= 4 is 27.8 Å². The highest BCUT2D eigenvalue weighted by Gasteiger charge is 2.29. The van der Waals surface area contributed by atoms with E-state index in [0.717, 1.165) is 0 Å². The summed E-state index contributed by atoms with van der Waals surface area (Å²) in [5.74, 6) is 0.595. The standard InChI is InChI=1S/C17H13BrO5/c1-8-12(19)4-3-10-15(20)14(23-17(8)10)7-9-5-11(18)16(21)13(6-9)22-2/h3-7,19,21H,1-2H3/b14-7-. The number of carbonyl (C=O) groups is 1. The van der Waals surface area contributed by atoms with Crippen LogP contribution < -0.4 is 9.47 Å². The van der Waals surface area contributed by atoms with E-state index in [9.17, 15) is 15.0 Å². The number of aromatic hydroxyl groups is 2. The van der Waals surface area contributed by atoms with E-state index in [1.807, 2.05) is 0 Å². The first kappa shape index (κ1) is 15.4. The molecule has 0 atom stereocenters. The van der Waals surface area contributed by atoms with Crippen molar-refractivity contribution in [3.63, 3.8) is 0 Å². The Balaban J connectivity index is 2.04. The Morgan fingerprint density at radius 2 is 2.00 bits per heavy atom. The maximum atomic E-state index is 12.4. The molecule has 2 aromatic carbocycles. The Morgan fingerprint density at radius 3 is 2.70 bits per heavy atom. The van der Waals surface area contributed by atoms with Crippen LogP contribution in [-0.4, -0.2) is 23.1 Å². The number of carbonyl (C=O) groups excluding carboxylic acids is 1. The predicted molar refractivity (Wildman–Crippen MR) is 88.1 cm³/mol. The molecule has 0 saturated heterocycles. The summed E-state index contributed by atoms with van der Waals surface area (Å²) in [5, 5.41) is 19.5. The van der Waals surface area contributed by atoms with E-state index >= 15 is 0 Å². The summed E-state index contributed by atoms with van der Waals surface area (Å²) in [4.78, 5) is 12.4. The Labute approximate surface area is 140 Å². The fourth-order valence-electron chi connectivity index (χ4n) is 2.36. The van der Waals surface area contributed by atoms with Gasteiger partial charge in [-0.15, -0.1) is 0 Å². The van der Waals surface area contributed by atoms with Crippen molar-refractivity contribution in [1.82, 2.24) is 0 Å². The average Bonchev–Trinajstić information content (AvgIpc) is 2.84. The van der Waals surface area contributed by atoms with Gasteiger partial charge in [0.05, 0.1) is 17.1 Å². The minimum atomic E-state index is -0.258. The number of ketones is 1. The summed E-state index contributed by atoms with van der Waals surface area (Å²) in [6.45, 7) is 1.69. The summed E-state index contributed by atoms with van der Waals surface area (Å²) >= 11 is 3.23. The number of benzene rings is 2. The zero-order valence-electron chi connectivity index (χ0n) is 12.4. The fraction of sp³-hybridized carbons (Fsp3) is 0.118. The summed E-state index contributed by atoms with van der Waals surface area (Å²) in [5.41, 5.74) is 1.56. The first-order valence-corrected chi connectivity index (χ1v) is 7.55. The highest BCUT2D eigenvalue weighted by Crippen LogP contribution is 2.40. The van der Waals surface area contributed by atoms with E-state index in [1.165, 1.54) is 19.2 Å². The lowest BCUT2D eigenvalue weighted by Gasteiger charge is -2.07. The Kier molecular flexibility index (Phi) is 3.77. The average molecular weight is 377 g/mol. The molecule has 0 radical (unpaired) electrons. The smallest absolute Gasteiger partial charge is 0.231 e. The highest BCUT2D eigenvalue weighted by atomic mass is 79.9. The molecule has 0 aromatic heterocycles.